The van der Waals surface area contributed by atoms with Crippen molar-refractivity contribution in [3.05, 3.63) is 29.8 Å². The van der Waals surface area contributed by atoms with Crippen molar-refractivity contribution in [3.63, 3.8) is 0 Å². The number of benzene rings is 1. The summed E-state index contributed by atoms with van der Waals surface area (Å²) >= 11 is 0. The minimum Gasteiger partial charge on any atom is -0.508 e. The molecule has 0 saturated carbocycles. The fraction of sp³-hybridized carbons (Fsp3) is 0.571. The molecule has 1 fully saturated rings. The largest absolute Gasteiger partial charge is 0.508 e. The van der Waals surface area contributed by atoms with E-state index in [9.17, 15) is 5.11 Å². The summed E-state index contributed by atoms with van der Waals surface area (Å²) in [5, 5.41) is 9.23. The van der Waals surface area contributed by atoms with Crippen molar-refractivity contribution < 1.29 is 5.11 Å². The standard InChI is InChI=1S/C14H22N2O/c15-8-5-12-6-9-16(10-7-12)11-13-1-3-14(17)4-2-13/h1-4,12,17H,5-11,15H2. The number of nitrogens with zero attached hydrogens (tertiary/aromatic N) is 1. The fourth-order valence-electron chi connectivity index (χ4n) is 2.53. The van der Waals surface area contributed by atoms with Gasteiger partial charge in [0.2, 0.25) is 0 Å². The van der Waals surface area contributed by atoms with E-state index in [2.05, 4.69) is 4.90 Å². The topological polar surface area (TPSA) is 49.5 Å². The van der Waals surface area contributed by atoms with E-state index in [4.69, 9.17) is 5.73 Å². The van der Waals surface area contributed by atoms with E-state index in [-0.39, 0.29) is 0 Å². The van der Waals surface area contributed by atoms with Gasteiger partial charge >= 0.3 is 0 Å². The predicted molar refractivity (Wildman–Crippen MR) is 69.8 cm³/mol. The van der Waals surface area contributed by atoms with E-state index in [0.717, 1.165) is 19.0 Å². The van der Waals surface area contributed by atoms with E-state index in [1.807, 2.05) is 12.1 Å². The summed E-state index contributed by atoms with van der Waals surface area (Å²) in [5.41, 5.74) is 6.87. The molecule has 3 heteroatoms. The summed E-state index contributed by atoms with van der Waals surface area (Å²) in [4.78, 5) is 2.49. The van der Waals surface area contributed by atoms with Crippen molar-refractivity contribution in [2.24, 2.45) is 11.7 Å². The molecular formula is C14H22N2O. The number of hydrogen-bond acceptors (Lipinski definition) is 3. The van der Waals surface area contributed by atoms with Gasteiger partial charge in [-0.2, -0.15) is 0 Å². The van der Waals surface area contributed by atoms with Crippen LogP contribution in [0, 0.1) is 5.92 Å². The Hall–Kier alpha value is -1.06. The van der Waals surface area contributed by atoms with Gasteiger partial charge in [-0.15, -0.1) is 0 Å². The molecule has 0 bridgehead atoms. The van der Waals surface area contributed by atoms with Crippen LogP contribution in [-0.4, -0.2) is 29.6 Å². The van der Waals surface area contributed by atoms with Crippen LogP contribution >= 0.6 is 0 Å². The lowest BCUT2D eigenvalue weighted by Gasteiger charge is -2.31. The molecule has 94 valence electrons. The molecule has 0 amide bonds. The highest BCUT2D eigenvalue weighted by Gasteiger charge is 2.18. The molecule has 0 aromatic heterocycles. The first-order chi connectivity index (χ1) is 8.28. The van der Waals surface area contributed by atoms with Crippen LogP contribution in [0.2, 0.25) is 0 Å². The first-order valence-electron chi connectivity index (χ1n) is 6.48. The second-order valence-electron chi connectivity index (χ2n) is 4.96. The van der Waals surface area contributed by atoms with Gasteiger partial charge in [0.05, 0.1) is 0 Å². The Morgan fingerprint density at radius 1 is 1.18 bits per heavy atom. The van der Waals surface area contributed by atoms with Crippen LogP contribution < -0.4 is 5.73 Å². The lowest BCUT2D eigenvalue weighted by Crippen LogP contribution is -2.33. The van der Waals surface area contributed by atoms with Crippen molar-refractivity contribution in [1.82, 2.24) is 4.90 Å². The number of piperidine rings is 1. The second kappa shape index (κ2) is 6.03. The molecule has 1 aromatic carbocycles. The van der Waals surface area contributed by atoms with Crippen LogP contribution in [0.5, 0.6) is 5.75 Å². The molecule has 17 heavy (non-hydrogen) atoms. The Bertz CT molecular complexity index is 329. The van der Waals surface area contributed by atoms with Crippen molar-refractivity contribution in [2.75, 3.05) is 19.6 Å². The third-order valence-electron chi connectivity index (χ3n) is 3.62. The van der Waals surface area contributed by atoms with Crippen LogP contribution in [-0.2, 0) is 6.54 Å². The smallest absolute Gasteiger partial charge is 0.115 e. The summed E-state index contributed by atoms with van der Waals surface area (Å²) in [6, 6.07) is 7.52. The Kier molecular flexibility index (Phi) is 4.40. The average Bonchev–Trinajstić information content (AvgIpc) is 2.35. The molecule has 0 unspecified atom stereocenters. The first kappa shape index (κ1) is 12.4. The molecule has 2 rings (SSSR count). The number of phenolic OH excluding ortho intramolecular Hbond substituents is 1. The third-order valence-corrected chi connectivity index (χ3v) is 3.62. The lowest BCUT2D eigenvalue weighted by molar-refractivity contribution is 0.173. The zero-order valence-corrected chi connectivity index (χ0v) is 10.3. The highest BCUT2D eigenvalue weighted by Crippen LogP contribution is 2.21. The average molecular weight is 234 g/mol. The summed E-state index contributed by atoms with van der Waals surface area (Å²) in [6.07, 6.45) is 3.72. The maximum Gasteiger partial charge on any atom is 0.115 e. The van der Waals surface area contributed by atoms with Crippen molar-refractivity contribution >= 4 is 0 Å². The minimum atomic E-state index is 0.343. The number of hydrogen-bond donors (Lipinski definition) is 2. The molecule has 1 heterocycles. The Morgan fingerprint density at radius 2 is 1.82 bits per heavy atom. The fourth-order valence-corrected chi connectivity index (χ4v) is 2.53. The summed E-state index contributed by atoms with van der Waals surface area (Å²) < 4.78 is 0. The summed E-state index contributed by atoms with van der Waals surface area (Å²) in [7, 11) is 0. The van der Waals surface area contributed by atoms with Gasteiger partial charge in [0, 0.05) is 6.54 Å². The van der Waals surface area contributed by atoms with E-state index < -0.39 is 0 Å². The Labute approximate surface area is 103 Å². The van der Waals surface area contributed by atoms with Crippen molar-refractivity contribution in [1.29, 1.82) is 0 Å². The van der Waals surface area contributed by atoms with Crippen molar-refractivity contribution in [2.45, 2.75) is 25.8 Å². The number of phenols is 1. The monoisotopic (exact) mass is 234 g/mol. The quantitative estimate of drug-likeness (QED) is 0.837. The van der Waals surface area contributed by atoms with Gasteiger partial charge in [-0.25, -0.2) is 0 Å². The Morgan fingerprint density at radius 3 is 2.41 bits per heavy atom. The Balaban J connectivity index is 1.79. The summed E-state index contributed by atoms with van der Waals surface area (Å²) in [5.74, 6) is 1.17. The molecule has 0 radical (unpaired) electrons. The van der Waals surface area contributed by atoms with Crippen molar-refractivity contribution in [3.8, 4) is 5.75 Å². The van der Waals surface area contributed by atoms with Gasteiger partial charge in [0.15, 0.2) is 0 Å². The van der Waals surface area contributed by atoms with Gasteiger partial charge in [-0.3, -0.25) is 4.90 Å². The molecule has 1 aliphatic heterocycles. The lowest BCUT2D eigenvalue weighted by atomic mass is 9.93. The maximum atomic E-state index is 9.23. The molecule has 0 spiro atoms. The van der Waals surface area contributed by atoms with Gasteiger partial charge in [-0.05, 0) is 62.5 Å². The predicted octanol–water partition coefficient (Wildman–Crippen LogP) is 1.95. The zero-order chi connectivity index (χ0) is 12.1. The number of aromatic hydroxyl groups is 1. The molecule has 3 nitrogen and oxygen atoms in total. The van der Waals surface area contributed by atoms with Gasteiger partial charge < -0.3 is 10.8 Å². The molecule has 1 aromatic rings. The van der Waals surface area contributed by atoms with E-state index in [1.165, 1.54) is 37.9 Å². The molecule has 1 aliphatic rings. The normalized spacial score (nSPS) is 18.4. The summed E-state index contributed by atoms with van der Waals surface area (Å²) in [6.45, 7) is 4.16. The molecule has 3 N–H and O–H groups in total. The first-order valence-corrected chi connectivity index (χ1v) is 6.48. The number of nitrogens with two attached hydrogens (primary N) is 1. The van der Waals surface area contributed by atoms with Crippen LogP contribution in [0.4, 0.5) is 0 Å². The highest BCUT2D eigenvalue weighted by atomic mass is 16.3. The number of likely N-dealkylation sites (tertiary alicyclic amines) is 1. The van der Waals surface area contributed by atoms with E-state index in [1.54, 1.807) is 12.1 Å². The van der Waals surface area contributed by atoms with Crippen LogP contribution in [0.1, 0.15) is 24.8 Å². The van der Waals surface area contributed by atoms with Crippen LogP contribution in [0.15, 0.2) is 24.3 Å². The number of rotatable bonds is 4. The van der Waals surface area contributed by atoms with E-state index in [0.29, 0.717) is 5.75 Å². The van der Waals surface area contributed by atoms with Gasteiger partial charge in [-0.1, -0.05) is 12.1 Å². The second-order valence-corrected chi connectivity index (χ2v) is 4.96. The third kappa shape index (κ3) is 3.72. The van der Waals surface area contributed by atoms with E-state index >= 15 is 0 Å². The maximum absolute atomic E-state index is 9.23. The highest BCUT2D eigenvalue weighted by molar-refractivity contribution is 5.25. The minimum absolute atomic E-state index is 0.343. The van der Waals surface area contributed by atoms with Crippen LogP contribution in [0.3, 0.4) is 0 Å². The van der Waals surface area contributed by atoms with Crippen LogP contribution in [0.25, 0.3) is 0 Å². The molecular weight excluding hydrogens is 212 g/mol. The van der Waals surface area contributed by atoms with Gasteiger partial charge in [0.1, 0.15) is 5.75 Å². The zero-order valence-electron chi connectivity index (χ0n) is 10.3. The molecule has 0 atom stereocenters. The molecule has 1 saturated heterocycles. The molecule has 0 aliphatic carbocycles. The SMILES string of the molecule is NCCC1CCN(Cc2ccc(O)cc2)CC1. The van der Waals surface area contributed by atoms with Gasteiger partial charge in [0.25, 0.3) is 0 Å².